The third-order valence-electron chi connectivity index (χ3n) is 2.22. The molecule has 1 aliphatic rings. The number of hydrogen-bond donors (Lipinski definition) is 1. The summed E-state index contributed by atoms with van der Waals surface area (Å²) < 4.78 is 0. The molecule has 0 saturated carbocycles. The van der Waals surface area contributed by atoms with Crippen LogP contribution in [0.5, 0.6) is 0 Å². The lowest BCUT2D eigenvalue weighted by Gasteiger charge is -2.31. The van der Waals surface area contributed by atoms with Crippen LogP contribution in [0, 0.1) is 11.3 Å². The van der Waals surface area contributed by atoms with Crippen molar-refractivity contribution in [2.75, 3.05) is 19.6 Å². The normalized spacial score (nSPS) is 22.1. The number of allylic oxidation sites excluding steroid dienone is 3. The molecule has 1 N–H and O–H groups in total. The number of hydrogen-bond acceptors (Lipinski definition) is 3. The second-order valence-electron chi connectivity index (χ2n) is 3.27. The van der Waals surface area contributed by atoms with E-state index in [0.717, 1.165) is 6.54 Å². The van der Waals surface area contributed by atoms with E-state index in [1.807, 2.05) is 13.0 Å². The standard InChI is InChI=1S/C11H15N3O/c1-2-3-4-5-11(15)14-7-6-13-9-10(14)8-12/h2-5,10,13H,6-7,9H2,1H3. The van der Waals surface area contributed by atoms with Crippen LogP contribution < -0.4 is 5.32 Å². The number of nitriles is 1. The molecule has 1 saturated heterocycles. The summed E-state index contributed by atoms with van der Waals surface area (Å²) in [7, 11) is 0. The zero-order valence-electron chi connectivity index (χ0n) is 8.81. The van der Waals surface area contributed by atoms with E-state index >= 15 is 0 Å². The highest BCUT2D eigenvalue weighted by molar-refractivity contribution is 5.88. The van der Waals surface area contributed by atoms with Gasteiger partial charge in [0.2, 0.25) is 5.91 Å². The van der Waals surface area contributed by atoms with Crippen LogP contribution in [-0.4, -0.2) is 36.5 Å². The fourth-order valence-electron chi connectivity index (χ4n) is 1.43. The lowest BCUT2D eigenvalue weighted by atomic mass is 10.2. The zero-order valence-corrected chi connectivity index (χ0v) is 8.81. The minimum absolute atomic E-state index is 0.0962. The van der Waals surface area contributed by atoms with Crippen LogP contribution in [-0.2, 0) is 4.79 Å². The van der Waals surface area contributed by atoms with Gasteiger partial charge in [-0.2, -0.15) is 5.26 Å². The number of piperazine rings is 1. The molecular weight excluding hydrogens is 190 g/mol. The smallest absolute Gasteiger partial charge is 0.247 e. The minimum atomic E-state index is -0.346. The lowest BCUT2D eigenvalue weighted by molar-refractivity contribution is -0.127. The van der Waals surface area contributed by atoms with Crippen LogP contribution in [0.2, 0.25) is 0 Å². The molecule has 1 atom stereocenters. The van der Waals surface area contributed by atoms with Crippen molar-refractivity contribution >= 4 is 5.91 Å². The summed E-state index contributed by atoms with van der Waals surface area (Å²) in [5.41, 5.74) is 0. The molecule has 80 valence electrons. The Morgan fingerprint density at radius 3 is 3.07 bits per heavy atom. The monoisotopic (exact) mass is 205 g/mol. The first kappa shape index (κ1) is 11.5. The van der Waals surface area contributed by atoms with Crippen LogP contribution in [0.3, 0.4) is 0 Å². The van der Waals surface area contributed by atoms with Gasteiger partial charge >= 0.3 is 0 Å². The van der Waals surface area contributed by atoms with E-state index in [9.17, 15) is 4.79 Å². The summed E-state index contributed by atoms with van der Waals surface area (Å²) in [6, 6.07) is 1.77. The van der Waals surface area contributed by atoms with Gasteiger partial charge in [0.25, 0.3) is 0 Å². The van der Waals surface area contributed by atoms with Crippen LogP contribution in [0.15, 0.2) is 24.3 Å². The number of carbonyl (C=O) groups is 1. The van der Waals surface area contributed by atoms with Crippen LogP contribution in [0.1, 0.15) is 6.92 Å². The van der Waals surface area contributed by atoms with Gasteiger partial charge in [-0.25, -0.2) is 0 Å². The van der Waals surface area contributed by atoms with Crippen LogP contribution in [0.4, 0.5) is 0 Å². The van der Waals surface area contributed by atoms with E-state index in [0.29, 0.717) is 13.1 Å². The Bertz CT molecular complexity index is 314. The molecule has 1 heterocycles. The van der Waals surface area contributed by atoms with Crippen LogP contribution >= 0.6 is 0 Å². The third kappa shape index (κ3) is 3.22. The maximum absolute atomic E-state index is 11.7. The predicted molar refractivity (Wildman–Crippen MR) is 57.9 cm³/mol. The average molecular weight is 205 g/mol. The van der Waals surface area contributed by atoms with Crippen molar-refractivity contribution < 1.29 is 4.79 Å². The Kier molecular flexibility index (Phi) is 4.58. The molecule has 0 aliphatic carbocycles. The molecule has 0 bridgehead atoms. The van der Waals surface area contributed by atoms with Crippen molar-refractivity contribution in [1.29, 1.82) is 5.26 Å². The molecule has 0 aromatic carbocycles. The highest BCUT2D eigenvalue weighted by Gasteiger charge is 2.24. The van der Waals surface area contributed by atoms with Crippen molar-refractivity contribution in [3.8, 4) is 6.07 Å². The summed E-state index contributed by atoms with van der Waals surface area (Å²) in [5.74, 6) is -0.0962. The maximum Gasteiger partial charge on any atom is 0.247 e. The van der Waals surface area contributed by atoms with Crippen LogP contribution in [0.25, 0.3) is 0 Å². The summed E-state index contributed by atoms with van der Waals surface area (Å²) in [5, 5.41) is 11.9. The Morgan fingerprint density at radius 1 is 1.60 bits per heavy atom. The molecule has 0 radical (unpaired) electrons. The van der Waals surface area contributed by atoms with Gasteiger partial charge < -0.3 is 10.2 Å². The first-order valence-electron chi connectivity index (χ1n) is 5.00. The quantitative estimate of drug-likeness (QED) is 0.526. The average Bonchev–Trinajstić information content (AvgIpc) is 2.29. The number of carbonyl (C=O) groups excluding carboxylic acids is 1. The molecule has 1 amide bonds. The van der Waals surface area contributed by atoms with Crippen molar-refractivity contribution in [2.45, 2.75) is 13.0 Å². The van der Waals surface area contributed by atoms with Gasteiger partial charge in [-0.05, 0) is 6.92 Å². The predicted octanol–water partition coefficient (Wildman–Crippen LogP) is 0.443. The molecule has 1 rings (SSSR count). The molecule has 1 aliphatic heterocycles. The maximum atomic E-state index is 11.7. The molecule has 0 aromatic rings. The SMILES string of the molecule is CC=CC=CC(=O)N1CCNCC1C#N. The van der Waals surface area contributed by atoms with E-state index in [2.05, 4.69) is 11.4 Å². The van der Waals surface area contributed by atoms with E-state index in [4.69, 9.17) is 5.26 Å². The summed E-state index contributed by atoms with van der Waals surface area (Å²) in [4.78, 5) is 13.3. The fourth-order valence-corrected chi connectivity index (χ4v) is 1.43. The van der Waals surface area contributed by atoms with Gasteiger partial charge in [-0.1, -0.05) is 18.2 Å². The van der Waals surface area contributed by atoms with Gasteiger partial charge in [0, 0.05) is 25.7 Å². The molecule has 4 heteroatoms. The summed E-state index contributed by atoms with van der Waals surface area (Å²) >= 11 is 0. The van der Waals surface area contributed by atoms with E-state index in [1.165, 1.54) is 6.08 Å². The molecule has 1 fully saturated rings. The second kappa shape index (κ2) is 5.99. The number of amides is 1. The van der Waals surface area contributed by atoms with Gasteiger partial charge in [-0.3, -0.25) is 4.79 Å². The largest absolute Gasteiger partial charge is 0.321 e. The summed E-state index contributed by atoms with van der Waals surface area (Å²) in [6.45, 7) is 3.79. The van der Waals surface area contributed by atoms with Crippen molar-refractivity contribution in [2.24, 2.45) is 0 Å². The van der Waals surface area contributed by atoms with Crippen molar-refractivity contribution in [1.82, 2.24) is 10.2 Å². The highest BCUT2D eigenvalue weighted by Crippen LogP contribution is 2.03. The lowest BCUT2D eigenvalue weighted by Crippen LogP contribution is -2.52. The van der Waals surface area contributed by atoms with Crippen molar-refractivity contribution in [3.63, 3.8) is 0 Å². The fraction of sp³-hybridized carbons (Fsp3) is 0.455. The molecular formula is C11H15N3O. The first-order chi connectivity index (χ1) is 7.29. The van der Waals surface area contributed by atoms with Gasteiger partial charge in [-0.15, -0.1) is 0 Å². The second-order valence-corrected chi connectivity index (χ2v) is 3.27. The minimum Gasteiger partial charge on any atom is -0.321 e. The van der Waals surface area contributed by atoms with E-state index < -0.39 is 0 Å². The van der Waals surface area contributed by atoms with Gasteiger partial charge in [0.1, 0.15) is 6.04 Å². The van der Waals surface area contributed by atoms with Gasteiger partial charge in [0.15, 0.2) is 0 Å². The molecule has 4 nitrogen and oxygen atoms in total. The van der Waals surface area contributed by atoms with Crippen molar-refractivity contribution in [3.05, 3.63) is 24.3 Å². The Hall–Kier alpha value is -1.60. The number of rotatable bonds is 2. The molecule has 0 spiro atoms. The Balaban J connectivity index is 2.60. The third-order valence-corrected chi connectivity index (χ3v) is 2.22. The number of nitrogens with zero attached hydrogens (tertiary/aromatic N) is 2. The molecule has 0 aromatic heterocycles. The Morgan fingerprint density at radius 2 is 2.40 bits per heavy atom. The molecule has 15 heavy (non-hydrogen) atoms. The summed E-state index contributed by atoms with van der Waals surface area (Å²) in [6.07, 6.45) is 6.83. The highest BCUT2D eigenvalue weighted by atomic mass is 16.2. The first-order valence-corrected chi connectivity index (χ1v) is 5.00. The zero-order chi connectivity index (χ0) is 11.1. The topological polar surface area (TPSA) is 56.1 Å². The number of nitrogens with one attached hydrogen (secondary N) is 1. The Labute approximate surface area is 89.9 Å². The van der Waals surface area contributed by atoms with Gasteiger partial charge in [0.05, 0.1) is 6.07 Å². The van der Waals surface area contributed by atoms with E-state index in [1.54, 1.807) is 17.1 Å². The van der Waals surface area contributed by atoms with E-state index in [-0.39, 0.29) is 11.9 Å². The molecule has 1 unspecified atom stereocenters.